The number of para-hydroxylation sites is 1. The lowest BCUT2D eigenvalue weighted by Crippen LogP contribution is -2.35. The number of aryl methyl sites for hydroxylation is 1. The van der Waals surface area contributed by atoms with E-state index >= 15 is 0 Å². The fourth-order valence-electron chi connectivity index (χ4n) is 2.68. The van der Waals surface area contributed by atoms with Crippen molar-refractivity contribution in [2.24, 2.45) is 23.7 Å². The highest BCUT2D eigenvalue weighted by molar-refractivity contribution is 5.81. The molecule has 0 spiro atoms. The van der Waals surface area contributed by atoms with Gasteiger partial charge in [0.25, 0.3) is 0 Å². The van der Waals surface area contributed by atoms with Gasteiger partial charge in [-0.15, -0.1) is 5.10 Å². The third-order valence-electron chi connectivity index (χ3n) is 3.77. The van der Waals surface area contributed by atoms with Crippen LogP contribution in [0, 0.1) is 0 Å². The predicted octanol–water partition coefficient (Wildman–Crippen LogP) is 1.64. The van der Waals surface area contributed by atoms with E-state index in [4.69, 9.17) is 11.6 Å². The molecular formula is C16H26N6. The van der Waals surface area contributed by atoms with Gasteiger partial charge in [-0.2, -0.15) is 0 Å². The summed E-state index contributed by atoms with van der Waals surface area (Å²) in [5.41, 5.74) is 8.01. The van der Waals surface area contributed by atoms with Crippen molar-refractivity contribution in [1.82, 2.24) is 14.6 Å². The van der Waals surface area contributed by atoms with Crippen LogP contribution in [0.25, 0.3) is 10.9 Å². The Labute approximate surface area is 131 Å². The van der Waals surface area contributed by atoms with E-state index in [1.807, 2.05) is 12.1 Å². The van der Waals surface area contributed by atoms with Gasteiger partial charge in [0.2, 0.25) is 0 Å². The second-order valence-electron chi connectivity index (χ2n) is 5.92. The molecule has 0 amide bonds. The monoisotopic (exact) mass is 302 g/mol. The highest BCUT2D eigenvalue weighted by Gasteiger charge is 2.21. The van der Waals surface area contributed by atoms with Crippen LogP contribution in [-0.2, 0) is 7.05 Å². The predicted molar refractivity (Wildman–Crippen MR) is 92.2 cm³/mol. The summed E-state index contributed by atoms with van der Waals surface area (Å²) in [6.45, 7) is 2.66. The van der Waals surface area contributed by atoms with Gasteiger partial charge >= 0.3 is 0 Å². The molecule has 120 valence electrons. The number of hydrazine groups is 1. The van der Waals surface area contributed by atoms with E-state index in [2.05, 4.69) is 53.9 Å². The van der Waals surface area contributed by atoms with E-state index in [9.17, 15) is 0 Å². The van der Waals surface area contributed by atoms with Crippen LogP contribution in [0.15, 0.2) is 35.4 Å². The van der Waals surface area contributed by atoms with Gasteiger partial charge in [-0.05, 0) is 51.5 Å². The van der Waals surface area contributed by atoms with E-state index in [-0.39, 0.29) is 6.04 Å². The SMILES string of the molecule is C/C(N)=N/N(N)C(CCN(C)C)c1cc2ccccc2n1C. The Morgan fingerprint density at radius 3 is 2.59 bits per heavy atom. The number of hydrogen-bond donors (Lipinski definition) is 2. The Morgan fingerprint density at radius 1 is 1.32 bits per heavy atom. The largest absolute Gasteiger partial charge is 0.386 e. The molecule has 22 heavy (non-hydrogen) atoms. The summed E-state index contributed by atoms with van der Waals surface area (Å²) in [6, 6.07) is 10.5. The maximum atomic E-state index is 6.16. The summed E-state index contributed by atoms with van der Waals surface area (Å²) in [4.78, 5) is 2.14. The van der Waals surface area contributed by atoms with Crippen molar-refractivity contribution in [2.75, 3.05) is 20.6 Å². The molecule has 0 aliphatic rings. The minimum Gasteiger partial charge on any atom is -0.386 e. The summed E-state index contributed by atoms with van der Waals surface area (Å²) in [5.74, 6) is 6.62. The minimum absolute atomic E-state index is 0.0294. The highest BCUT2D eigenvalue weighted by Crippen LogP contribution is 2.28. The number of nitrogens with zero attached hydrogens (tertiary/aromatic N) is 4. The number of nitrogens with two attached hydrogens (primary N) is 2. The van der Waals surface area contributed by atoms with Crippen LogP contribution >= 0.6 is 0 Å². The molecule has 1 aromatic carbocycles. The molecule has 0 saturated carbocycles. The van der Waals surface area contributed by atoms with Crippen LogP contribution in [0.2, 0.25) is 0 Å². The second kappa shape index (κ2) is 6.81. The van der Waals surface area contributed by atoms with Crippen LogP contribution in [0.4, 0.5) is 0 Å². The molecule has 0 aliphatic carbocycles. The molecule has 1 unspecified atom stereocenters. The van der Waals surface area contributed by atoms with E-state index in [1.165, 1.54) is 16.0 Å². The molecule has 0 bridgehead atoms. The summed E-state index contributed by atoms with van der Waals surface area (Å²) in [6.07, 6.45) is 0.866. The van der Waals surface area contributed by atoms with Crippen molar-refractivity contribution in [2.45, 2.75) is 19.4 Å². The lowest BCUT2D eigenvalue weighted by molar-refractivity contribution is 0.180. The molecule has 6 heteroatoms. The normalized spacial score (nSPS) is 13.8. The molecule has 1 atom stereocenters. The van der Waals surface area contributed by atoms with E-state index in [0.717, 1.165) is 18.7 Å². The van der Waals surface area contributed by atoms with Gasteiger partial charge < -0.3 is 15.2 Å². The van der Waals surface area contributed by atoms with E-state index in [0.29, 0.717) is 5.84 Å². The average Bonchev–Trinajstić information content (AvgIpc) is 2.76. The maximum absolute atomic E-state index is 6.16. The zero-order valence-corrected chi connectivity index (χ0v) is 13.8. The van der Waals surface area contributed by atoms with Crippen LogP contribution in [0.1, 0.15) is 25.1 Å². The number of aromatic nitrogens is 1. The molecule has 0 radical (unpaired) electrons. The van der Waals surface area contributed by atoms with E-state index in [1.54, 1.807) is 6.92 Å². The zero-order chi connectivity index (χ0) is 16.3. The summed E-state index contributed by atoms with van der Waals surface area (Å²) < 4.78 is 2.18. The van der Waals surface area contributed by atoms with Crippen LogP contribution in [0.3, 0.4) is 0 Å². The number of benzene rings is 1. The van der Waals surface area contributed by atoms with Gasteiger partial charge in [0.15, 0.2) is 0 Å². The average molecular weight is 302 g/mol. The Hall–Kier alpha value is -2.05. The van der Waals surface area contributed by atoms with Crippen molar-refractivity contribution in [3.8, 4) is 0 Å². The fraction of sp³-hybridized carbons (Fsp3) is 0.438. The molecule has 2 aromatic rings. The van der Waals surface area contributed by atoms with Crippen LogP contribution in [-0.4, -0.2) is 41.1 Å². The van der Waals surface area contributed by atoms with Gasteiger partial charge in [0.05, 0.1) is 0 Å². The third-order valence-corrected chi connectivity index (χ3v) is 3.77. The van der Waals surface area contributed by atoms with Crippen LogP contribution < -0.4 is 11.6 Å². The van der Waals surface area contributed by atoms with E-state index < -0.39 is 0 Å². The maximum Gasteiger partial charge on any atom is 0.118 e. The first kappa shape index (κ1) is 16.3. The molecule has 6 nitrogen and oxygen atoms in total. The Morgan fingerprint density at radius 2 is 2.00 bits per heavy atom. The molecule has 0 aliphatic heterocycles. The van der Waals surface area contributed by atoms with Crippen molar-refractivity contribution < 1.29 is 0 Å². The lowest BCUT2D eigenvalue weighted by atomic mass is 10.1. The molecule has 1 heterocycles. The van der Waals surface area contributed by atoms with Crippen molar-refractivity contribution in [3.05, 3.63) is 36.0 Å². The molecular weight excluding hydrogens is 276 g/mol. The Bertz CT molecular complexity index is 654. The van der Waals surface area contributed by atoms with Gasteiger partial charge in [0.1, 0.15) is 11.9 Å². The van der Waals surface area contributed by atoms with Crippen molar-refractivity contribution >= 4 is 16.7 Å². The third kappa shape index (κ3) is 3.58. The first-order chi connectivity index (χ1) is 10.4. The minimum atomic E-state index is -0.0294. The number of hydrazone groups is 1. The molecule has 1 aromatic heterocycles. The van der Waals surface area contributed by atoms with Gasteiger partial charge in [-0.3, -0.25) is 0 Å². The number of hydrogen-bond acceptors (Lipinski definition) is 4. The molecule has 4 N–H and O–H groups in total. The summed E-state index contributed by atoms with van der Waals surface area (Å²) in [5, 5.41) is 6.90. The quantitative estimate of drug-likeness (QED) is 0.368. The number of fused-ring (bicyclic) bond motifs is 1. The van der Waals surface area contributed by atoms with Crippen molar-refractivity contribution in [3.63, 3.8) is 0 Å². The Kier molecular flexibility index (Phi) is 5.05. The second-order valence-corrected chi connectivity index (χ2v) is 5.92. The molecule has 0 fully saturated rings. The van der Waals surface area contributed by atoms with Crippen LogP contribution in [0.5, 0.6) is 0 Å². The smallest absolute Gasteiger partial charge is 0.118 e. The number of rotatable bonds is 6. The van der Waals surface area contributed by atoms with Gasteiger partial charge in [-0.1, -0.05) is 18.2 Å². The topological polar surface area (TPSA) is 75.8 Å². The van der Waals surface area contributed by atoms with Gasteiger partial charge in [-0.25, -0.2) is 11.0 Å². The summed E-state index contributed by atoms with van der Waals surface area (Å²) >= 11 is 0. The van der Waals surface area contributed by atoms with Gasteiger partial charge in [0, 0.05) is 18.3 Å². The standard InChI is InChI=1S/C16H26N6/c1-12(17)19-22(18)15(9-10-20(2)3)16-11-13-7-5-6-8-14(13)21(16)4/h5-8,11,15H,9-10,18H2,1-4H3,(H2,17,19). The zero-order valence-electron chi connectivity index (χ0n) is 13.8. The lowest BCUT2D eigenvalue weighted by Gasteiger charge is -2.27. The fourth-order valence-corrected chi connectivity index (χ4v) is 2.68. The van der Waals surface area contributed by atoms with Crippen molar-refractivity contribution in [1.29, 1.82) is 0 Å². The first-order valence-electron chi connectivity index (χ1n) is 7.44. The highest BCUT2D eigenvalue weighted by atomic mass is 15.6. The molecule has 0 saturated heterocycles. The first-order valence-corrected chi connectivity index (χ1v) is 7.44. The molecule has 2 rings (SSSR count). The Balaban J connectivity index is 2.41. The number of amidine groups is 1. The summed E-state index contributed by atoms with van der Waals surface area (Å²) in [7, 11) is 6.17.